The maximum absolute atomic E-state index is 13.0. The van der Waals surface area contributed by atoms with Crippen LogP contribution in [0.2, 0.25) is 0 Å². The summed E-state index contributed by atoms with van der Waals surface area (Å²) < 4.78 is 32.5. The molecule has 2 aliphatic rings. The molecule has 0 unspecified atom stereocenters. The van der Waals surface area contributed by atoms with Crippen molar-refractivity contribution in [2.24, 2.45) is 0 Å². The lowest BCUT2D eigenvalue weighted by atomic mass is 9.76. The van der Waals surface area contributed by atoms with Gasteiger partial charge in [0.2, 0.25) is 0 Å². The Morgan fingerprint density at radius 3 is 2.12 bits per heavy atom. The molecule has 0 amide bonds. The highest BCUT2D eigenvalue weighted by molar-refractivity contribution is 5.67. The fourth-order valence-corrected chi connectivity index (χ4v) is 6.87. The number of ether oxygens (including phenoxy) is 5. The second kappa shape index (κ2) is 13.8. The molecule has 1 saturated heterocycles. The van der Waals surface area contributed by atoms with Crippen LogP contribution in [0.1, 0.15) is 39.6 Å². The number of rotatable bonds is 10. The molecule has 5 aromatic rings. The third-order valence-electron chi connectivity index (χ3n) is 9.44. The fourth-order valence-electron chi connectivity index (χ4n) is 6.87. The van der Waals surface area contributed by atoms with E-state index in [0.29, 0.717) is 17.1 Å². The fraction of sp³-hybridized carbons (Fsp3) is 0.300. The van der Waals surface area contributed by atoms with E-state index >= 15 is 0 Å². The molecule has 3 heterocycles. The summed E-state index contributed by atoms with van der Waals surface area (Å²) in [6.07, 6.45) is -2.69. The Bertz CT molecular complexity index is 2060. The number of methoxy groups -OCH3 is 1. The summed E-state index contributed by atoms with van der Waals surface area (Å²) in [7, 11) is 1.55. The predicted molar refractivity (Wildman–Crippen MR) is 188 cm³/mol. The molecule has 10 heteroatoms. The van der Waals surface area contributed by atoms with Crippen LogP contribution in [-0.4, -0.2) is 59.9 Å². The normalized spacial score (nSPS) is 20.6. The lowest BCUT2D eigenvalue weighted by molar-refractivity contribution is -0.101. The van der Waals surface area contributed by atoms with Crippen molar-refractivity contribution in [1.82, 2.24) is 9.55 Å². The van der Waals surface area contributed by atoms with E-state index in [-0.39, 0.29) is 19.8 Å². The molecule has 1 fully saturated rings. The lowest BCUT2D eigenvalue weighted by Crippen LogP contribution is -2.42. The molecule has 1 aromatic heterocycles. The number of aliphatic hydroxyl groups excluding tert-OH is 1. The van der Waals surface area contributed by atoms with Crippen LogP contribution in [0.15, 0.2) is 107 Å². The van der Waals surface area contributed by atoms with Crippen molar-refractivity contribution < 1.29 is 28.8 Å². The molecule has 0 radical (unpaired) electrons. The zero-order chi connectivity index (χ0) is 35.0. The molecule has 2 aliphatic heterocycles. The van der Waals surface area contributed by atoms with E-state index in [2.05, 4.69) is 53.5 Å². The molecule has 0 spiro atoms. The Morgan fingerprint density at radius 2 is 1.48 bits per heavy atom. The lowest BCUT2D eigenvalue weighted by Gasteiger charge is -2.41. The molecule has 0 saturated carbocycles. The first-order chi connectivity index (χ1) is 24.2. The van der Waals surface area contributed by atoms with Crippen molar-refractivity contribution in [3.63, 3.8) is 0 Å². The molecular weight excluding hydrogens is 636 g/mol. The van der Waals surface area contributed by atoms with Gasteiger partial charge in [0.05, 0.1) is 19.8 Å². The van der Waals surface area contributed by atoms with Gasteiger partial charge in [0, 0.05) is 30.0 Å². The maximum atomic E-state index is 13.0. The van der Waals surface area contributed by atoms with Crippen LogP contribution in [0, 0.1) is 20.8 Å². The predicted octanol–water partition coefficient (Wildman–Crippen LogP) is 5.53. The zero-order valence-electron chi connectivity index (χ0n) is 28.4. The number of nitrogens with zero attached hydrogens (tertiary/aromatic N) is 1. The number of nitrogens with one attached hydrogen (secondary N) is 1. The summed E-state index contributed by atoms with van der Waals surface area (Å²) in [4.78, 5) is 27.5. The van der Waals surface area contributed by atoms with Crippen molar-refractivity contribution >= 4 is 0 Å². The van der Waals surface area contributed by atoms with Gasteiger partial charge in [-0.2, -0.15) is 0 Å². The Hall–Kier alpha value is -4.84. The summed E-state index contributed by atoms with van der Waals surface area (Å²) in [6.45, 7) is 5.98. The van der Waals surface area contributed by atoms with Gasteiger partial charge in [-0.15, -0.1) is 0 Å². The SMILES string of the molecule is COCCO[C@@H]1[C@H](O)[C@@H](COC2(c3ccc(-c4ccccc4)cc3)c3cc(C)ccc3Oc3ccc(C)cc32)O[C@H]1n1cc(C)c(=O)[nH]c1=O. The van der Waals surface area contributed by atoms with Gasteiger partial charge in [0.1, 0.15) is 29.8 Å². The molecule has 0 bridgehead atoms. The molecule has 258 valence electrons. The van der Waals surface area contributed by atoms with E-state index in [1.54, 1.807) is 14.0 Å². The number of aryl methyl sites for hydroxylation is 3. The summed E-state index contributed by atoms with van der Waals surface area (Å²) in [5.41, 5.74) is 4.66. The minimum atomic E-state index is -1.19. The smallest absolute Gasteiger partial charge is 0.330 e. The highest BCUT2D eigenvalue weighted by Crippen LogP contribution is 2.53. The van der Waals surface area contributed by atoms with E-state index in [1.165, 1.54) is 10.8 Å². The molecule has 4 atom stereocenters. The second-order valence-electron chi connectivity index (χ2n) is 12.9. The van der Waals surface area contributed by atoms with E-state index < -0.39 is 41.4 Å². The van der Waals surface area contributed by atoms with Crippen LogP contribution in [0.4, 0.5) is 0 Å². The Kier molecular flexibility index (Phi) is 9.30. The number of benzene rings is 4. The van der Waals surface area contributed by atoms with Crippen molar-refractivity contribution in [3.05, 3.63) is 151 Å². The first-order valence-corrected chi connectivity index (χ1v) is 16.7. The van der Waals surface area contributed by atoms with Gasteiger partial charge in [-0.1, -0.05) is 77.9 Å². The summed E-state index contributed by atoms with van der Waals surface area (Å²) in [5.74, 6) is 1.31. The molecule has 7 rings (SSSR count). The highest BCUT2D eigenvalue weighted by Gasteiger charge is 2.50. The van der Waals surface area contributed by atoms with Gasteiger partial charge in [-0.25, -0.2) is 4.79 Å². The van der Waals surface area contributed by atoms with Crippen molar-refractivity contribution in [2.45, 2.75) is 50.9 Å². The Morgan fingerprint density at radius 1 is 0.840 bits per heavy atom. The molecule has 2 N–H and O–H groups in total. The second-order valence-corrected chi connectivity index (χ2v) is 12.9. The van der Waals surface area contributed by atoms with Gasteiger partial charge in [-0.3, -0.25) is 14.3 Å². The molecule has 10 nitrogen and oxygen atoms in total. The van der Waals surface area contributed by atoms with Crippen LogP contribution in [0.25, 0.3) is 11.1 Å². The van der Waals surface area contributed by atoms with Crippen molar-refractivity contribution in [1.29, 1.82) is 0 Å². The standard InChI is InChI=1S/C40H40N2O8/c1-24-10-16-32-30(20-24)40(31-21-25(2)11-17-33(31)49-32,29-14-12-28(13-15-29)27-8-6-5-7-9-27)48-23-34-35(43)36(47-19-18-46-4)38(50-34)42-22-26(3)37(44)41-39(42)45/h5-17,20-22,34-36,38,43H,18-19,23H2,1-4H3,(H,41,44,45)/t34-,35-,36-,38-/m1/s1. The number of aliphatic hydroxyl groups is 1. The van der Waals surface area contributed by atoms with Crippen LogP contribution >= 0.6 is 0 Å². The quantitative estimate of drug-likeness (QED) is 0.185. The summed E-state index contributed by atoms with van der Waals surface area (Å²) >= 11 is 0. The summed E-state index contributed by atoms with van der Waals surface area (Å²) in [6, 6.07) is 30.5. The highest BCUT2D eigenvalue weighted by atomic mass is 16.6. The minimum absolute atomic E-state index is 0.0832. The topological polar surface area (TPSA) is 121 Å². The average molecular weight is 677 g/mol. The van der Waals surface area contributed by atoms with Gasteiger partial charge >= 0.3 is 5.69 Å². The number of H-pyrrole nitrogens is 1. The van der Waals surface area contributed by atoms with Crippen LogP contribution in [0.5, 0.6) is 11.5 Å². The van der Waals surface area contributed by atoms with Crippen molar-refractivity contribution in [2.75, 3.05) is 26.9 Å². The van der Waals surface area contributed by atoms with Gasteiger partial charge < -0.3 is 28.8 Å². The molecule has 4 aromatic carbocycles. The molecular formula is C40H40N2O8. The van der Waals surface area contributed by atoms with E-state index in [9.17, 15) is 14.7 Å². The van der Waals surface area contributed by atoms with E-state index in [0.717, 1.165) is 38.9 Å². The van der Waals surface area contributed by atoms with Crippen LogP contribution in [0.3, 0.4) is 0 Å². The number of hydrogen-bond donors (Lipinski definition) is 2. The third kappa shape index (κ3) is 6.10. The number of fused-ring (bicyclic) bond motifs is 2. The Balaban J connectivity index is 1.33. The van der Waals surface area contributed by atoms with E-state index in [1.807, 2.05) is 56.3 Å². The largest absolute Gasteiger partial charge is 0.457 e. The monoisotopic (exact) mass is 676 g/mol. The maximum Gasteiger partial charge on any atom is 0.330 e. The van der Waals surface area contributed by atoms with Gasteiger partial charge in [0.25, 0.3) is 5.56 Å². The first kappa shape index (κ1) is 33.6. The van der Waals surface area contributed by atoms with Crippen LogP contribution < -0.4 is 16.0 Å². The van der Waals surface area contributed by atoms with Crippen molar-refractivity contribution in [3.8, 4) is 22.6 Å². The minimum Gasteiger partial charge on any atom is -0.457 e. The average Bonchev–Trinajstić information content (AvgIpc) is 3.43. The van der Waals surface area contributed by atoms with Gasteiger partial charge in [-0.05, 0) is 61.7 Å². The third-order valence-corrected chi connectivity index (χ3v) is 9.44. The van der Waals surface area contributed by atoms with Gasteiger partial charge in [0.15, 0.2) is 11.8 Å². The first-order valence-electron chi connectivity index (χ1n) is 16.7. The number of aromatic amines is 1. The zero-order valence-corrected chi connectivity index (χ0v) is 28.4. The number of hydrogen-bond acceptors (Lipinski definition) is 8. The summed E-state index contributed by atoms with van der Waals surface area (Å²) in [5, 5.41) is 11.7. The Labute approximate surface area is 289 Å². The van der Waals surface area contributed by atoms with E-state index in [4.69, 9.17) is 23.7 Å². The molecule has 0 aliphatic carbocycles. The van der Waals surface area contributed by atoms with Crippen LogP contribution in [-0.2, 0) is 24.5 Å². The number of aromatic nitrogens is 2. The molecule has 50 heavy (non-hydrogen) atoms.